The summed E-state index contributed by atoms with van der Waals surface area (Å²) in [6.07, 6.45) is 5.03. The number of amides is 1. The van der Waals surface area contributed by atoms with Crippen molar-refractivity contribution >= 4 is 5.91 Å². The lowest BCUT2D eigenvalue weighted by Gasteiger charge is -2.25. The minimum absolute atomic E-state index is 0.124. The standard InChI is InChI=1S/C11H22N2O/c1-3-9(2)13-11(14)8-12-7-10-5-4-6-10/h9-10,12H,3-8H2,1-2H3,(H,13,14). The zero-order chi connectivity index (χ0) is 10.4. The number of carbonyl (C=O) groups is 1. The van der Waals surface area contributed by atoms with E-state index in [4.69, 9.17) is 0 Å². The lowest BCUT2D eigenvalue weighted by Crippen LogP contribution is -2.40. The Hall–Kier alpha value is -0.570. The molecule has 0 saturated heterocycles. The van der Waals surface area contributed by atoms with E-state index in [1.807, 2.05) is 6.92 Å². The first-order valence-electron chi connectivity index (χ1n) is 5.72. The second kappa shape index (κ2) is 6.02. The highest BCUT2D eigenvalue weighted by Gasteiger charge is 2.16. The van der Waals surface area contributed by atoms with E-state index in [0.717, 1.165) is 18.9 Å². The average Bonchev–Trinajstić information content (AvgIpc) is 2.09. The minimum atomic E-state index is 0.124. The van der Waals surface area contributed by atoms with Crippen LogP contribution in [0.25, 0.3) is 0 Å². The van der Waals surface area contributed by atoms with Gasteiger partial charge < -0.3 is 10.6 Å². The van der Waals surface area contributed by atoms with Crippen LogP contribution in [0.15, 0.2) is 0 Å². The Balaban J connectivity index is 1.96. The Morgan fingerprint density at radius 1 is 1.50 bits per heavy atom. The van der Waals surface area contributed by atoms with Gasteiger partial charge in [0.2, 0.25) is 5.91 Å². The number of rotatable bonds is 6. The molecule has 1 rings (SSSR count). The Morgan fingerprint density at radius 2 is 2.21 bits per heavy atom. The summed E-state index contributed by atoms with van der Waals surface area (Å²) in [5.74, 6) is 0.949. The third-order valence-electron chi connectivity index (χ3n) is 2.96. The molecule has 1 aliphatic rings. The molecule has 1 unspecified atom stereocenters. The van der Waals surface area contributed by atoms with Gasteiger partial charge in [0.05, 0.1) is 6.54 Å². The predicted molar refractivity (Wildman–Crippen MR) is 58.1 cm³/mol. The van der Waals surface area contributed by atoms with Crippen LogP contribution in [0, 0.1) is 5.92 Å². The van der Waals surface area contributed by atoms with Gasteiger partial charge in [0.15, 0.2) is 0 Å². The summed E-state index contributed by atoms with van der Waals surface area (Å²) < 4.78 is 0. The van der Waals surface area contributed by atoms with Crippen molar-refractivity contribution in [1.29, 1.82) is 0 Å². The van der Waals surface area contributed by atoms with Gasteiger partial charge in [-0.25, -0.2) is 0 Å². The van der Waals surface area contributed by atoms with Gasteiger partial charge in [0.1, 0.15) is 0 Å². The summed E-state index contributed by atoms with van der Waals surface area (Å²) in [5, 5.41) is 6.14. The van der Waals surface area contributed by atoms with Gasteiger partial charge in [-0.3, -0.25) is 4.79 Å². The second-order valence-electron chi connectivity index (χ2n) is 4.30. The van der Waals surface area contributed by atoms with Crippen LogP contribution in [-0.4, -0.2) is 25.0 Å². The van der Waals surface area contributed by atoms with Crippen molar-refractivity contribution in [2.75, 3.05) is 13.1 Å². The first-order valence-corrected chi connectivity index (χ1v) is 5.72. The number of carbonyl (C=O) groups excluding carboxylic acids is 1. The van der Waals surface area contributed by atoms with E-state index in [1.54, 1.807) is 0 Å². The van der Waals surface area contributed by atoms with Crippen LogP contribution < -0.4 is 10.6 Å². The first kappa shape index (κ1) is 11.5. The van der Waals surface area contributed by atoms with Crippen LogP contribution in [0.3, 0.4) is 0 Å². The molecule has 3 heteroatoms. The van der Waals surface area contributed by atoms with Crippen molar-refractivity contribution in [2.45, 2.75) is 45.6 Å². The zero-order valence-corrected chi connectivity index (χ0v) is 9.31. The van der Waals surface area contributed by atoms with E-state index in [9.17, 15) is 4.79 Å². The van der Waals surface area contributed by atoms with Gasteiger partial charge in [-0.15, -0.1) is 0 Å². The summed E-state index contributed by atoms with van der Waals surface area (Å²) in [6.45, 7) is 5.59. The zero-order valence-electron chi connectivity index (χ0n) is 9.31. The molecule has 0 aromatic rings. The third kappa shape index (κ3) is 4.09. The molecule has 1 atom stereocenters. The highest BCUT2D eigenvalue weighted by molar-refractivity contribution is 5.78. The van der Waals surface area contributed by atoms with Crippen LogP contribution >= 0.6 is 0 Å². The molecular formula is C11H22N2O. The van der Waals surface area contributed by atoms with E-state index in [1.165, 1.54) is 19.3 Å². The van der Waals surface area contributed by atoms with Crippen molar-refractivity contribution in [3.8, 4) is 0 Å². The van der Waals surface area contributed by atoms with E-state index in [0.29, 0.717) is 12.6 Å². The summed E-state index contributed by atoms with van der Waals surface area (Å²) >= 11 is 0. The van der Waals surface area contributed by atoms with Crippen LogP contribution in [0.1, 0.15) is 39.5 Å². The first-order chi connectivity index (χ1) is 6.72. The summed E-state index contributed by atoms with van der Waals surface area (Å²) in [7, 11) is 0. The molecule has 2 N–H and O–H groups in total. The monoisotopic (exact) mass is 198 g/mol. The fourth-order valence-electron chi connectivity index (χ4n) is 1.51. The fraction of sp³-hybridized carbons (Fsp3) is 0.909. The van der Waals surface area contributed by atoms with E-state index in [-0.39, 0.29) is 5.91 Å². The molecule has 1 aliphatic carbocycles. The number of hydrogen-bond acceptors (Lipinski definition) is 2. The molecule has 0 bridgehead atoms. The van der Waals surface area contributed by atoms with Crippen molar-refractivity contribution in [3.05, 3.63) is 0 Å². The van der Waals surface area contributed by atoms with Gasteiger partial charge >= 0.3 is 0 Å². The van der Waals surface area contributed by atoms with Crippen LogP contribution in [0.5, 0.6) is 0 Å². The lowest BCUT2D eigenvalue weighted by molar-refractivity contribution is -0.120. The third-order valence-corrected chi connectivity index (χ3v) is 2.96. The summed E-state index contributed by atoms with van der Waals surface area (Å²) in [4.78, 5) is 11.3. The molecule has 0 aromatic heterocycles. The SMILES string of the molecule is CCC(C)NC(=O)CNCC1CCC1. The van der Waals surface area contributed by atoms with Crippen molar-refractivity contribution in [2.24, 2.45) is 5.92 Å². The van der Waals surface area contributed by atoms with Gasteiger partial charge in [0, 0.05) is 6.04 Å². The molecule has 1 amide bonds. The highest BCUT2D eigenvalue weighted by Crippen LogP contribution is 2.24. The topological polar surface area (TPSA) is 41.1 Å². The van der Waals surface area contributed by atoms with Crippen molar-refractivity contribution in [1.82, 2.24) is 10.6 Å². The molecule has 0 aliphatic heterocycles. The quantitative estimate of drug-likeness (QED) is 0.675. The highest BCUT2D eigenvalue weighted by atomic mass is 16.1. The van der Waals surface area contributed by atoms with Crippen molar-refractivity contribution in [3.63, 3.8) is 0 Å². The maximum absolute atomic E-state index is 11.3. The van der Waals surface area contributed by atoms with Crippen LogP contribution in [-0.2, 0) is 4.79 Å². The Bertz CT molecular complexity index is 178. The lowest BCUT2D eigenvalue weighted by atomic mass is 9.85. The molecule has 1 saturated carbocycles. The predicted octanol–water partition coefficient (Wildman–Crippen LogP) is 1.29. The molecule has 0 radical (unpaired) electrons. The minimum Gasteiger partial charge on any atom is -0.353 e. The summed E-state index contributed by atoms with van der Waals surface area (Å²) in [5.41, 5.74) is 0. The van der Waals surface area contributed by atoms with Crippen molar-refractivity contribution < 1.29 is 4.79 Å². The Labute approximate surface area is 86.6 Å². The molecule has 14 heavy (non-hydrogen) atoms. The molecule has 0 aromatic carbocycles. The maximum atomic E-state index is 11.3. The Morgan fingerprint density at radius 3 is 2.71 bits per heavy atom. The summed E-state index contributed by atoms with van der Waals surface area (Å²) in [6, 6.07) is 0.299. The smallest absolute Gasteiger partial charge is 0.234 e. The molecule has 0 heterocycles. The van der Waals surface area contributed by atoms with E-state index in [2.05, 4.69) is 17.6 Å². The largest absolute Gasteiger partial charge is 0.353 e. The maximum Gasteiger partial charge on any atom is 0.234 e. The number of nitrogens with one attached hydrogen (secondary N) is 2. The van der Waals surface area contributed by atoms with Gasteiger partial charge in [-0.1, -0.05) is 13.3 Å². The normalized spacial score (nSPS) is 18.7. The van der Waals surface area contributed by atoms with E-state index >= 15 is 0 Å². The molecule has 3 nitrogen and oxygen atoms in total. The molecule has 1 fully saturated rings. The number of hydrogen-bond donors (Lipinski definition) is 2. The van der Waals surface area contributed by atoms with Gasteiger partial charge in [-0.2, -0.15) is 0 Å². The fourth-order valence-corrected chi connectivity index (χ4v) is 1.51. The van der Waals surface area contributed by atoms with Gasteiger partial charge in [-0.05, 0) is 38.6 Å². The van der Waals surface area contributed by atoms with E-state index < -0.39 is 0 Å². The Kier molecular flexibility index (Phi) is 4.94. The van der Waals surface area contributed by atoms with Gasteiger partial charge in [0.25, 0.3) is 0 Å². The second-order valence-corrected chi connectivity index (χ2v) is 4.30. The van der Waals surface area contributed by atoms with Crippen LogP contribution in [0.4, 0.5) is 0 Å². The van der Waals surface area contributed by atoms with Crippen LogP contribution in [0.2, 0.25) is 0 Å². The molecule has 82 valence electrons. The molecule has 0 spiro atoms. The molecular weight excluding hydrogens is 176 g/mol. The average molecular weight is 198 g/mol.